The van der Waals surface area contributed by atoms with E-state index in [0.717, 1.165) is 64.2 Å². The lowest BCUT2D eigenvalue weighted by atomic mass is 10.0. The van der Waals surface area contributed by atoms with E-state index in [1.807, 2.05) is 21.1 Å². The molecule has 9 nitrogen and oxygen atoms in total. The number of unbranched alkanes of at least 4 members (excludes halogenated alkanes) is 35. The molecule has 0 bridgehead atoms. The van der Waals surface area contributed by atoms with E-state index in [2.05, 4.69) is 74.6 Å². The summed E-state index contributed by atoms with van der Waals surface area (Å²) >= 11 is 0. The molecule has 0 aliphatic heterocycles. The molecule has 2 unspecified atom stereocenters. The molecule has 0 aliphatic carbocycles. The predicted molar refractivity (Wildman–Crippen MR) is 326 cm³/mol. The lowest BCUT2D eigenvalue weighted by molar-refractivity contribution is -0.870. The highest BCUT2D eigenvalue weighted by Crippen LogP contribution is 2.43. The van der Waals surface area contributed by atoms with E-state index in [-0.39, 0.29) is 25.6 Å². The molecule has 0 heterocycles. The second-order valence-electron chi connectivity index (χ2n) is 22.8. The van der Waals surface area contributed by atoms with Crippen molar-refractivity contribution in [1.29, 1.82) is 0 Å². The first-order chi connectivity index (χ1) is 37.0. The molecule has 0 aliphatic rings. The Labute approximate surface area is 470 Å². The molecule has 0 saturated heterocycles. The number of ether oxygens (including phenoxy) is 2. The van der Waals surface area contributed by atoms with E-state index >= 15 is 0 Å². The van der Waals surface area contributed by atoms with Gasteiger partial charge in [0, 0.05) is 12.8 Å². The third-order valence-corrected chi connectivity index (χ3v) is 15.0. The smallest absolute Gasteiger partial charge is 0.462 e. The summed E-state index contributed by atoms with van der Waals surface area (Å²) in [6, 6.07) is 0. The van der Waals surface area contributed by atoms with Crippen LogP contribution in [0.25, 0.3) is 0 Å². The van der Waals surface area contributed by atoms with Crippen LogP contribution in [0.5, 0.6) is 0 Å². The van der Waals surface area contributed by atoms with E-state index in [4.69, 9.17) is 18.5 Å². The monoisotopic (exact) mass is 1090 g/mol. The Morgan fingerprint density at radius 2 is 0.750 bits per heavy atom. The van der Waals surface area contributed by atoms with E-state index in [0.29, 0.717) is 23.9 Å². The van der Waals surface area contributed by atoms with Crippen molar-refractivity contribution in [1.82, 2.24) is 0 Å². The second kappa shape index (κ2) is 57.4. The maximum absolute atomic E-state index is 12.8. The van der Waals surface area contributed by atoms with Crippen molar-refractivity contribution >= 4 is 19.8 Å². The highest BCUT2D eigenvalue weighted by molar-refractivity contribution is 7.47. The van der Waals surface area contributed by atoms with Crippen LogP contribution in [0.2, 0.25) is 0 Å². The van der Waals surface area contributed by atoms with Gasteiger partial charge in [0.05, 0.1) is 27.7 Å². The third-order valence-electron chi connectivity index (χ3n) is 14.1. The van der Waals surface area contributed by atoms with Crippen molar-refractivity contribution in [3.05, 3.63) is 60.8 Å². The van der Waals surface area contributed by atoms with Gasteiger partial charge in [-0.2, -0.15) is 0 Å². The molecule has 0 amide bonds. The number of nitrogens with zero attached hydrogens (tertiary/aromatic N) is 1. The van der Waals surface area contributed by atoms with Gasteiger partial charge in [0.15, 0.2) is 6.10 Å². The summed E-state index contributed by atoms with van der Waals surface area (Å²) in [6.45, 7) is 4.34. The van der Waals surface area contributed by atoms with Crippen LogP contribution in [0.4, 0.5) is 0 Å². The van der Waals surface area contributed by atoms with E-state index in [9.17, 15) is 19.0 Å². The van der Waals surface area contributed by atoms with Crippen molar-refractivity contribution in [2.24, 2.45) is 0 Å². The topological polar surface area (TPSA) is 108 Å². The number of hydrogen-bond acceptors (Lipinski definition) is 7. The number of esters is 2. The summed E-state index contributed by atoms with van der Waals surface area (Å²) in [6.07, 6.45) is 74.8. The van der Waals surface area contributed by atoms with E-state index in [1.54, 1.807) is 0 Å². The summed E-state index contributed by atoms with van der Waals surface area (Å²) in [5.41, 5.74) is 0. The van der Waals surface area contributed by atoms with Crippen LogP contribution in [0.15, 0.2) is 60.8 Å². The molecule has 0 spiro atoms. The lowest BCUT2D eigenvalue weighted by Crippen LogP contribution is -2.37. The molecular formula is C66H123NO8P+. The van der Waals surface area contributed by atoms with Gasteiger partial charge in [0.2, 0.25) is 0 Å². The lowest BCUT2D eigenvalue weighted by Gasteiger charge is -2.24. The Kier molecular flexibility index (Phi) is 55.7. The van der Waals surface area contributed by atoms with Crippen molar-refractivity contribution in [3.8, 4) is 0 Å². The van der Waals surface area contributed by atoms with E-state index in [1.165, 1.54) is 199 Å². The van der Waals surface area contributed by atoms with Crippen molar-refractivity contribution < 1.29 is 42.1 Å². The third kappa shape index (κ3) is 60.9. The molecule has 2 atom stereocenters. The molecule has 0 rings (SSSR count). The van der Waals surface area contributed by atoms with E-state index < -0.39 is 26.5 Å². The number of quaternary nitrogens is 1. The highest BCUT2D eigenvalue weighted by atomic mass is 31.2. The molecule has 76 heavy (non-hydrogen) atoms. The van der Waals surface area contributed by atoms with Crippen molar-refractivity contribution in [2.75, 3.05) is 47.5 Å². The molecule has 10 heteroatoms. The van der Waals surface area contributed by atoms with Gasteiger partial charge < -0.3 is 18.9 Å². The predicted octanol–water partition coefficient (Wildman–Crippen LogP) is 20.3. The maximum atomic E-state index is 12.8. The van der Waals surface area contributed by atoms with Crippen LogP contribution < -0.4 is 0 Å². The minimum Gasteiger partial charge on any atom is -0.462 e. The average molecular weight is 1090 g/mol. The SMILES string of the molecule is CC/C=C\C/C=C\C/C=C\C/C=C\C/C=C\CCCCCCCCCCCCCCCCCCCCCCCCCCCC(=O)OC(COC(=O)CCCCCCCCCCCCC)COP(=O)(O)OCC[N+](C)(C)C. The Bertz CT molecular complexity index is 1470. The zero-order chi connectivity index (χ0) is 55.6. The quantitative estimate of drug-likeness (QED) is 0.0211. The van der Waals surface area contributed by atoms with Crippen LogP contribution in [0, 0.1) is 0 Å². The number of carbonyl (C=O) groups excluding carboxylic acids is 2. The van der Waals surface area contributed by atoms with Gasteiger partial charge in [0.1, 0.15) is 19.8 Å². The number of carbonyl (C=O) groups is 2. The number of rotatable bonds is 59. The van der Waals surface area contributed by atoms with Gasteiger partial charge in [-0.3, -0.25) is 18.6 Å². The maximum Gasteiger partial charge on any atom is 0.472 e. The van der Waals surface area contributed by atoms with Gasteiger partial charge in [-0.15, -0.1) is 0 Å². The van der Waals surface area contributed by atoms with Gasteiger partial charge in [0.25, 0.3) is 0 Å². The number of phosphoric acid groups is 1. The normalized spacial score (nSPS) is 13.6. The highest BCUT2D eigenvalue weighted by Gasteiger charge is 2.27. The first-order valence-corrected chi connectivity index (χ1v) is 33.5. The average Bonchev–Trinajstić information content (AvgIpc) is 3.38. The number of allylic oxidation sites excluding steroid dienone is 10. The summed E-state index contributed by atoms with van der Waals surface area (Å²) in [7, 11) is 1.49. The van der Waals surface area contributed by atoms with Crippen LogP contribution in [0.1, 0.15) is 296 Å². The summed E-state index contributed by atoms with van der Waals surface area (Å²) in [4.78, 5) is 35.6. The fourth-order valence-corrected chi connectivity index (χ4v) is 9.90. The molecule has 0 aromatic rings. The van der Waals surface area contributed by atoms with Crippen LogP contribution >= 0.6 is 7.82 Å². The van der Waals surface area contributed by atoms with Gasteiger partial charge >= 0.3 is 19.8 Å². The Morgan fingerprint density at radius 1 is 0.421 bits per heavy atom. The van der Waals surface area contributed by atoms with Crippen molar-refractivity contribution in [3.63, 3.8) is 0 Å². The molecule has 0 aromatic carbocycles. The second-order valence-corrected chi connectivity index (χ2v) is 24.2. The van der Waals surface area contributed by atoms with Gasteiger partial charge in [-0.25, -0.2) is 4.57 Å². The molecule has 444 valence electrons. The van der Waals surface area contributed by atoms with Gasteiger partial charge in [-0.1, -0.05) is 286 Å². The van der Waals surface area contributed by atoms with Gasteiger partial charge in [-0.05, 0) is 57.8 Å². The van der Waals surface area contributed by atoms with Crippen LogP contribution in [0.3, 0.4) is 0 Å². The van der Waals surface area contributed by atoms with Crippen molar-refractivity contribution in [2.45, 2.75) is 302 Å². The molecule has 0 fully saturated rings. The molecular weight excluding hydrogens is 966 g/mol. The minimum absolute atomic E-state index is 0.0343. The Balaban J connectivity index is 3.83. The zero-order valence-corrected chi connectivity index (χ0v) is 51.4. The van der Waals surface area contributed by atoms with Crippen LogP contribution in [-0.4, -0.2) is 74.9 Å². The molecule has 0 aromatic heterocycles. The molecule has 0 radical (unpaired) electrons. The molecule has 0 saturated carbocycles. The van der Waals surface area contributed by atoms with Crippen LogP contribution in [-0.2, 0) is 32.7 Å². The first-order valence-electron chi connectivity index (χ1n) is 32.0. The number of hydrogen-bond donors (Lipinski definition) is 1. The summed E-state index contributed by atoms with van der Waals surface area (Å²) in [5, 5.41) is 0. The Hall–Kier alpha value is -2.29. The zero-order valence-electron chi connectivity index (χ0n) is 50.5. The fraction of sp³-hybridized carbons (Fsp3) is 0.818. The minimum atomic E-state index is -4.38. The number of likely N-dealkylation sites (N-methyl/N-ethyl adjacent to an activating group) is 1. The summed E-state index contributed by atoms with van der Waals surface area (Å²) < 4.78 is 34.5. The first kappa shape index (κ1) is 73.7. The molecule has 1 N–H and O–H groups in total. The fourth-order valence-electron chi connectivity index (χ4n) is 9.16. The number of phosphoric ester groups is 1. The summed E-state index contributed by atoms with van der Waals surface area (Å²) in [5.74, 6) is -0.784. The Morgan fingerprint density at radius 3 is 1.12 bits per heavy atom. The standard InChI is InChI=1S/C66H122NO8P/c1-6-8-10-12-14-16-18-19-20-21-22-23-24-25-26-27-28-29-30-31-32-33-34-35-36-37-38-39-40-41-42-43-44-45-46-47-49-51-53-55-57-59-66(69)75-64(63-74-76(70,71)73-61-60-67(3,4)5)62-72-65(68)58-56-54-52-50-48-17-15-13-11-9-7-2/h8,10,14,16,19-20,22-23,25-26,64H,6-7,9,11-13,15,17-18,21,24,27-63H2,1-5H3/p+1/b10-8-,16-14-,20-19-,23-22-,26-25-. The largest absolute Gasteiger partial charge is 0.472 e.